The first-order valence-electron chi connectivity index (χ1n) is 8.19. The van der Waals surface area contributed by atoms with E-state index in [1.807, 2.05) is 4.90 Å². The van der Waals surface area contributed by atoms with Crippen LogP contribution in [0.1, 0.15) is 23.4 Å². The highest BCUT2D eigenvalue weighted by Crippen LogP contribution is 2.35. The maximum atomic E-state index is 12.6. The largest absolute Gasteiger partial charge is 0.463 e. The van der Waals surface area contributed by atoms with Crippen molar-refractivity contribution in [3.8, 4) is 6.01 Å². The summed E-state index contributed by atoms with van der Waals surface area (Å²) in [4.78, 5) is 22.6. The number of rotatable bonds is 4. The monoisotopic (exact) mass is 329 g/mol. The fourth-order valence-electron chi connectivity index (χ4n) is 3.57. The third kappa shape index (κ3) is 2.87. The minimum Gasteiger partial charge on any atom is -0.463 e. The summed E-state index contributed by atoms with van der Waals surface area (Å²) in [7, 11) is 0. The normalized spacial score (nSPS) is 26.2. The summed E-state index contributed by atoms with van der Waals surface area (Å²) in [5.74, 6) is 0.547. The molecule has 0 N–H and O–H groups in total. The molecule has 126 valence electrons. The Morgan fingerprint density at radius 1 is 1.29 bits per heavy atom. The van der Waals surface area contributed by atoms with Gasteiger partial charge in [-0.25, -0.2) is 9.97 Å². The third-order valence-electron chi connectivity index (χ3n) is 4.68. The second-order valence-corrected chi connectivity index (χ2v) is 6.06. The van der Waals surface area contributed by atoms with Crippen molar-refractivity contribution in [3.63, 3.8) is 0 Å². The van der Waals surface area contributed by atoms with Gasteiger partial charge in [0.15, 0.2) is 5.76 Å². The van der Waals surface area contributed by atoms with Crippen molar-refractivity contribution in [2.45, 2.75) is 25.0 Å². The van der Waals surface area contributed by atoms with E-state index >= 15 is 0 Å². The summed E-state index contributed by atoms with van der Waals surface area (Å²) < 4.78 is 16.9. The zero-order chi connectivity index (χ0) is 16.4. The summed E-state index contributed by atoms with van der Waals surface area (Å²) in [6, 6.07) is 5.63. The van der Waals surface area contributed by atoms with Crippen LogP contribution in [0.15, 0.2) is 41.3 Å². The van der Waals surface area contributed by atoms with Crippen molar-refractivity contribution in [1.29, 1.82) is 0 Å². The van der Waals surface area contributed by atoms with Gasteiger partial charge in [0.25, 0.3) is 5.91 Å². The van der Waals surface area contributed by atoms with Crippen molar-refractivity contribution in [3.05, 3.63) is 42.6 Å². The summed E-state index contributed by atoms with van der Waals surface area (Å²) >= 11 is 0. The van der Waals surface area contributed by atoms with E-state index in [4.69, 9.17) is 13.9 Å². The van der Waals surface area contributed by atoms with E-state index in [0.717, 1.165) is 12.8 Å². The minimum absolute atomic E-state index is 0.0126. The van der Waals surface area contributed by atoms with Crippen LogP contribution in [-0.4, -0.2) is 52.7 Å². The van der Waals surface area contributed by atoms with E-state index in [2.05, 4.69) is 9.97 Å². The van der Waals surface area contributed by atoms with Gasteiger partial charge in [-0.1, -0.05) is 0 Å². The molecule has 1 saturated heterocycles. The molecule has 1 saturated carbocycles. The topological polar surface area (TPSA) is 77.7 Å². The van der Waals surface area contributed by atoms with Crippen LogP contribution in [0, 0.1) is 5.92 Å². The van der Waals surface area contributed by atoms with Gasteiger partial charge in [0.1, 0.15) is 0 Å². The molecule has 0 spiro atoms. The van der Waals surface area contributed by atoms with Gasteiger partial charge in [0.05, 0.1) is 31.6 Å². The molecule has 0 radical (unpaired) electrons. The minimum atomic E-state index is -0.0636. The molecule has 7 nitrogen and oxygen atoms in total. The standard InChI is InChI=1S/C17H19N3O4/c21-16(14-3-1-9-22-14)20-8-10-23-15-12(4-5-13(15)20)11-24-17-18-6-2-7-19-17/h1-3,6-7,9,12-13,15H,4-5,8,10-11H2/t12-,13-,15+/m0/s1. The van der Waals surface area contributed by atoms with Crippen molar-refractivity contribution in [1.82, 2.24) is 14.9 Å². The van der Waals surface area contributed by atoms with Gasteiger partial charge in [0, 0.05) is 24.9 Å². The summed E-state index contributed by atoms with van der Waals surface area (Å²) in [5.41, 5.74) is 0. The van der Waals surface area contributed by atoms with Gasteiger partial charge in [-0.15, -0.1) is 0 Å². The van der Waals surface area contributed by atoms with Crippen LogP contribution in [0.3, 0.4) is 0 Å². The fourth-order valence-corrected chi connectivity index (χ4v) is 3.57. The second-order valence-electron chi connectivity index (χ2n) is 6.06. The maximum Gasteiger partial charge on any atom is 0.316 e. The SMILES string of the molecule is O=C(c1ccco1)N1CCO[C@@H]2[C@H](COc3ncccn3)CC[C@@H]21. The van der Waals surface area contributed by atoms with E-state index < -0.39 is 0 Å². The summed E-state index contributed by atoms with van der Waals surface area (Å²) in [6.07, 6.45) is 6.67. The Hall–Kier alpha value is -2.41. The Bertz CT molecular complexity index is 676. The molecular weight excluding hydrogens is 310 g/mol. The van der Waals surface area contributed by atoms with Gasteiger partial charge in [-0.3, -0.25) is 4.79 Å². The van der Waals surface area contributed by atoms with Crippen LogP contribution in [0.5, 0.6) is 6.01 Å². The highest BCUT2D eigenvalue weighted by atomic mass is 16.5. The number of fused-ring (bicyclic) bond motifs is 1. The Labute approximate surface area is 139 Å². The molecule has 2 aromatic heterocycles. The first kappa shape index (κ1) is 15.1. The van der Waals surface area contributed by atoms with Crippen molar-refractivity contribution >= 4 is 5.91 Å². The molecule has 7 heteroatoms. The molecule has 0 aromatic carbocycles. The predicted molar refractivity (Wildman–Crippen MR) is 83.5 cm³/mol. The second kappa shape index (κ2) is 6.60. The predicted octanol–water partition coefficient (Wildman–Crippen LogP) is 1.77. The first-order valence-corrected chi connectivity index (χ1v) is 8.19. The molecule has 1 aliphatic carbocycles. The Morgan fingerprint density at radius 3 is 2.96 bits per heavy atom. The van der Waals surface area contributed by atoms with Gasteiger partial charge in [-0.2, -0.15) is 0 Å². The molecule has 2 aromatic rings. The van der Waals surface area contributed by atoms with Gasteiger partial charge < -0.3 is 18.8 Å². The number of nitrogens with zero attached hydrogens (tertiary/aromatic N) is 3. The highest BCUT2D eigenvalue weighted by Gasteiger charge is 2.45. The van der Waals surface area contributed by atoms with Gasteiger partial charge >= 0.3 is 6.01 Å². The number of hydrogen-bond donors (Lipinski definition) is 0. The quantitative estimate of drug-likeness (QED) is 0.851. The molecule has 0 bridgehead atoms. The number of amides is 1. The van der Waals surface area contributed by atoms with Gasteiger partial charge in [-0.05, 0) is 31.0 Å². The van der Waals surface area contributed by atoms with E-state index in [1.165, 1.54) is 6.26 Å². The number of ether oxygens (including phenoxy) is 2. The zero-order valence-electron chi connectivity index (χ0n) is 13.2. The summed E-state index contributed by atoms with van der Waals surface area (Å²) in [5, 5.41) is 0. The van der Waals surface area contributed by atoms with Crippen LogP contribution >= 0.6 is 0 Å². The molecule has 2 fully saturated rings. The number of aromatic nitrogens is 2. The first-order chi connectivity index (χ1) is 11.8. The number of morpholine rings is 1. The lowest BCUT2D eigenvalue weighted by molar-refractivity contribution is -0.0689. The van der Waals surface area contributed by atoms with Crippen LogP contribution in [-0.2, 0) is 4.74 Å². The van der Waals surface area contributed by atoms with E-state index in [0.29, 0.717) is 31.5 Å². The van der Waals surface area contributed by atoms with E-state index in [-0.39, 0.29) is 24.0 Å². The molecule has 4 rings (SSSR count). The Kier molecular flexibility index (Phi) is 4.17. The van der Waals surface area contributed by atoms with Crippen LogP contribution in [0.4, 0.5) is 0 Å². The molecule has 1 aliphatic heterocycles. The lowest BCUT2D eigenvalue weighted by Crippen LogP contribution is -2.53. The Balaban J connectivity index is 1.42. The molecule has 0 unspecified atom stereocenters. The number of hydrogen-bond acceptors (Lipinski definition) is 6. The molecular formula is C17H19N3O4. The number of furan rings is 1. The van der Waals surface area contributed by atoms with Crippen LogP contribution < -0.4 is 4.74 Å². The lowest BCUT2D eigenvalue weighted by atomic mass is 10.0. The van der Waals surface area contributed by atoms with E-state index in [9.17, 15) is 4.79 Å². The highest BCUT2D eigenvalue weighted by molar-refractivity contribution is 5.91. The average Bonchev–Trinajstić information content (AvgIpc) is 3.30. The molecule has 2 aliphatic rings. The molecule has 24 heavy (non-hydrogen) atoms. The van der Waals surface area contributed by atoms with Gasteiger partial charge in [0.2, 0.25) is 0 Å². The number of carbonyl (C=O) groups is 1. The molecule has 3 heterocycles. The average molecular weight is 329 g/mol. The number of carbonyl (C=O) groups excluding carboxylic acids is 1. The van der Waals surface area contributed by atoms with Crippen molar-refractivity contribution < 1.29 is 18.7 Å². The smallest absolute Gasteiger partial charge is 0.316 e. The third-order valence-corrected chi connectivity index (χ3v) is 4.68. The summed E-state index contributed by atoms with van der Waals surface area (Å²) in [6.45, 7) is 1.62. The molecule has 1 amide bonds. The van der Waals surface area contributed by atoms with Crippen LogP contribution in [0.2, 0.25) is 0 Å². The lowest BCUT2D eigenvalue weighted by Gasteiger charge is -2.38. The van der Waals surface area contributed by atoms with E-state index in [1.54, 1.807) is 30.6 Å². The Morgan fingerprint density at radius 2 is 2.17 bits per heavy atom. The maximum absolute atomic E-state index is 12.6. The zero-order valence-corrected chi connectivity index (χ0v) is 13.2. The molecule has 3 atom stereocenters. The van der Waals surface area contributed by atoms with Crippen molar-refractivity contribution in [2.75, 3.05) is 19.8 Å². The fraction of sp³-hybridized carbons (Fsp3) is 0.471. The van der Waals surface area contributed by atoms with Crippen LogP contribution in [0.25, 0.3) is 0 Å². The van der Waals surface area contributed by atoms with Crippen molar-refractivity contribution in [2.24, 2.45) is 5.92 Å².